The molecule has 0 saturated heterocycles. The quantitative estimate of drug-likeness (QED) is 0.419. The zero-order chi connectivity index (χ0) is 10.6. The molecule has 0 atom stereocenters. The van der Waals surface area contributed by atoms with Gasteiger partial charge in [-0.2, -0.15) is 0 Å². The number of hydrogen-bond acceptors (Lipinski definition) is 3. The van der Waals surface area contributed by atoms with Crippen molar-refractivity contribution in [3.63, 3.8) is 0 Å². The number of nitrogens with zero attached hydrogens (tertiary/aromatic N) is 1. The van der Waals surface area contributed by atoms with Crippen LogP contribution < -0.4 is 4.74 Å². The van der Waals surface area contributed by atoms with Crippen LogP contribution in [0.3, 0.4) is 0 Å². The van der Waals surface area contributed by atoms with Crippen LogP contribution in [0.2, 0.25) is 0 Å². The lowest BCUT2D eigenvalue weighted by atomic mass is 10.2. The van der Waals surface area contributed by atoms with E-state index >= 15 is 0 Å². The van der Waals surface area contributed by atoms with E-state index in [-0.39, 0.29) is 11.5 Å². The van der Waals surface area contributed by atoms with E-state index in [1.165, 1.54) is 0 Å². The predicted molar refractivity (Wildman–Crippen MR) is 52.6 cm³/mol. The van der Waals surface area contributed by atoms with Gasteiger partial charge in [0.15, 0.2) is 0 Å². The second kappa shape index (κ2) is 4.41. The number of hydrogen-bond donors (Lipinski definition) is 0. The Labute approximate surface area is 82.0 Å². The Morgan fingerprint density at radius 3 is 2.93 bits per heavy atom. The third-order valence-electron chi connectivity index (χ3n) is 1.50. The summed E-state index contributed by atoms with van der Waals surface area (Å²) in [5.41, 5.74) is 0.619. The smallest absolute Gasteiger partial charge is 0.229 e. The zero-order valence-electron chi connectivity index (χ0n) is 7.90. The molecule has 0 aromatic heterocycles. The molecule has 0 heterocycles. The summed E-state index contributed by atoms with van der Waals surface area (Å²) in [7, 11) is 0. The van der Waals surface area contributed by atoms with Crippen molar-refractivity contribution in [2.24, 2.45) is 0 Å². The minimum Gasteiger partial charge on any atom is -0.463 e. The molecule has 0 bridgehead atoms. The Balaban J connectivity index is 2.78. The van der Waals surface area contributed by atoms with Crippen molar-refractivity contribution in [3.05, 3.63) is 52.3 Å². The van der Waals surface area contributed by atoms with Gasteiger partial charge in [-0.15, -0.1) is 0 Å². The Kier molecular flexibility index (Phi) is 3.23. The van der Waals surface area contributed by atoms with E-state index in [1.54, 1.807) is 31.2 Å². The Morgan fingerprint density at radius 1 is 1.64 bits per heavy atom. The highest BCUT2D eigenvalue weighted by atomic mass is 16.6. The molecule has 0 aliphatic rings. The molecule has 0 saturated carbocycles. The normalized spacial score (nSPS) is 9.50. The number of nitro groups is 1. The third-order valence-corrected chi connectivity index (χ3v) is 1.50. The van der Waals surface area contributed by atoms with Crippen LogP contribution in [0.1, 0.15) is 12.5 Å². The molecule has 0 aliphatic carbocycles. The van der Waals surface area contributed by atoms with Crippen LogP contribution in [0.15, 0.2) is 36.6 Å². The lowest BCUT2D eigenvalue weighted by molar-refractivity contribution is -0.496. The minimum atomic E-state index is -0.375. The number of rotatable bonds is 4. The molecular weight excluding hydrogens is 182 g/mol. The van der Waals surface area contributed by atoms with Gasteiger partial charge in [0.05, 0.1) is 5.76 Å². The molecule has 0 unspecified atom stereocenters. The molecule has 0 radical (unpaired) electrons. The first-order valence-electron chi connectivity index (χ1n) is 4.12. The summed E-state index contributed by atoms with van der Waals surface area (Å²) >= 11 is 0. The van der Waals surface area contributed by atoms with E-state index in [0.717, 1.165) is 0 Å². The van der Waals surface area contributed by atoms with Crippen LogP contribution in [-0.4, -0.2) is 4.92 Å². The minimum absolute atomic E-state index is 0.187. The van der Waals surface area contributed by atoms with Gasteiger partial charge in [-0.1, -0.05) is 18.7 Å². The van der Waals surface area contributed by atoms with Crippen LogP contribution in [0.25, 0.3) is 0 Å². The average molecular weight is 193 g/mol. The summed E-state index contributed by atoms with van der Waals surface area (Å²) in [5.74, 6) is 1.14. The Bertz CT molecular complexity index is 329. The van der Waals surface area contributed by atoms with Gasteiger partial charge in [-0.05, 0) is 19.1 Å². The molecule has 1 rings (SSSR count). The van der Waals surface area contributed by atoms with E-state index < -0.39 is 0 Å². The molecule has 0 fully saturated rings. The molecule has 0 N–H and O–H groups in total. The monoisotopic (exact) mass is 193 g/mol. The maximum Gasteiger partial charge on any atom is 0.229 e. The van der Waals surface area contributed by atoms with Crippen molar-refractivity contribution in [1.29, 1.82) is 0 Å². The summed E-state index contributed by atoms with van der Waals surface area (Å²) in [6.45, 7) is 5.12. The zero-order valence-corrected chi connectivity index (χ0v) is 7.90. The number of benzene rings is 1. The van der Waals surface area contributed by atoms with Crippen LogP contribution in [0.5, 0.6) is 5.75 Å². The van der Waals surface area contributed by atoms with E-state index in [1.807, 2.05) is 0 Å². The second-order valence-corrected chi connectivity index (χ2v) is 2.94. The van der Waals surface area contributed by atoms with Gasteiger partial charge in [-0.25, -0.2) is 0 Å². The molecule has 0 amide bonds. The summed E-state index contributed by atoms with van der Waals surface area (Å²) in [5, 5.41) is 10.2. The van der Waals surface area contributed by atoms with Crippen molar-refractivity contribution in [3.8, 4) is 5.75 Å². The molecule has 4 heteroatoms. The highest BCUT2D eigenvalue weighted by molar-refractivity contribution is 5.29. The first kappa shape index (κ1) is 10.2. The maximum absolute atomic E-state index is 10.2. The summed E-state index contributed by atoms with van der Waals surface area (Å²) in [6, 6.07) is 6.78. The van der Waals surface area contributed by atoms with Crippen molar-refractivity contribution < 1.29 is 9.66 Å². The third kappa shape index (κ3) is 3.26. The SMILES string of the molecule is C=C(C)Oc1cccc(C[N+](=O)[O-])c1. The van der Waals surface area contributed by atoms with Gasteiger partial charge in [0.25, 0.3) is 0 Å². The van der Waals surface area contributed by atoms with Crippen LogP contribution in [0.4, 0.5) is 0 Å². The largest absolute Gasteiger partial charge is 0.463 e. The van der Waals surface area contributed by atoms with Crippen LogP contribution in [0, 0.1) is 10.1 Å². The van der Waals surface area contributed by atoms with Gasteiger partial charge in [-0.3, -0.25) is 10.1 Å². The van der Waals surface area contributed by atoms with Crippen molar-refractivity contribution in [2.45, 2.75) is 13.5 Å². The standard InChI is InChI=1S/C10H11NO3/c1-8(2)14-10-5-3-4-9(6-10)7-11(12)13/h3-6H,1,7H2,2H3. The Hall–Kier alpha value is -1.84. The van der Waals surface area contributed by atoms with E-state index in [2.05, 4.69) is 6.58 Å². The fourth-order valence-corrected chi connectivity index (χ4v) is 1.06. The molecule has 4 nitrogen and oxygen atoms in total. The number of ether oxygens (including phenoxy) is 1. The molecule has 1 aromatic rings. The molecule has 74 valence electrons. The highest BCUT2D eigenvalue weighted by Crippen LogP contribution is 2.15. The van der Waals surface area contributed by atoms with Crippen LogP contribution in [-0.2, 0) is 6.54 Å². The fourth-order valence-electron chi connectivity index (χ4n) is 1.06. The van der Waals surface area contributed by atoms with Gasteiger partial charge < -0.3 is 4.74 Å². The Morgan fingerprint density at radius 2 is 2.36 bits per heavy atom. The molecule has 0 aliphatic heterocycles. The second-order valence-electron chi connectivity index (χ2n) is 2.94. The predicted octanol–water partition coefficient (Wildman–Crippen LogP) is 2.38. The average Bonchev–Trinajstić information content (AvgIpc) is 2.01. The first-order chi connectivity index (χ1) is 6.58. The lowest BCUT2D eigenvalue weighted by Gasteiger charge is -2.04. The van der Waals surface area contributed by atoms with E-state index in [0.29, 0.717) is 17.1 Å². The van der Waals surface area contributed by atoms with Gasteiger partial charge >= 0.3 is 0 Å². The van der Waals surface area contributed by atoms with Crippen molar-refractivity contribution in [2.75, 3.05) is 0 Å². The number of allylic oxidation sites excluding steroid dienone is 1. The summed E-state index contributed by atoms with van der Waals surface area (Å²) < 4.78 is 5.22. The summed E-state index contributed by atoms with van der Waals surface area (Å²) in [4.78, 5) is 9.87. The van der Waals surface area contributed by atoms with Crippen LogP contribution >= 0.6 is 0 Å². The molecule has 1 aromatic carbocycles. The molecular formula is C10H11NO3. The van der Waals surface area contributed by atoms with Gasteiger partial charge in [0.1, 0.15) is 5.75 Å². The fraction of sp³-hybridized carbons (Fsp3) is 0.200. The van der Waals surface area contributed by atoms with Crippen molar-refractivity contribution >= 4 is 0 Å². The summed E-state index contributed by atoms with van der Waals surface area (Å²) in [6.07, 6.45) is 0. The van der Waals surface area contributed by atoms with Gasteiger partial charge in [0, 0.05) is 10.5 Å². The molecule has 0 spiro atoms. The molecule has 14 heavy (non-hydrogen) atoms. The van der Waals surface area contributed by atoms with E-state index in [4.69, 9.17) is 4.74 Å². The first-order valence-corrected chi connectivity index (χ1v) is 4.12. The van der Waals surface area contributed by atoms with Gasteiger partial charge in [0.2, 0.25) is 6.54 Å². The maximum atomic E-state index is 10.2. The van der Waals surface area contributed by atoms with E-state index in [9.17, 15) is 10.1 Å². The van der Waals surface area contributed by atoms with Crippen molar-refractivity contribution in [1.82, 2.24) is 0 Å². The highest BCUT2D eigenvalue weighted by Gasteiger charge is 2.02. The topological polar surface area (TPSA) is 52.4 Å². The lowest BCUT2D eigenvalue weighted by Crippen LogP contribution is -1.98.